The third kappa shape index (κ3) is 5.01. The summed E-state index contributed by atoms with van der Waals surface area (Å²) < 4.78 is 45.4. The second-order valence-electron chi connectivity index (χ2n) is 5.45. The van der Waals surface area contributed by atoms with Gasteiger partial charge in [-0.05, 0) is 24.6 Å². The summed E-state index contributed by atoms with van der Waals surface area (Å²) in [5.41, 5.74) is 1.46. The van der Waals surface area contributed by atoms with Gasteiger partial charge in [0, 0.05) is 4.90 Å². The lowest BCUT2D eigenvalue weighted by atomic mass is 10.2. The van der Waals surface area contributed by atoms with Gasteiger partial charge in [0.1, 0.15) is 6.61 Å². The molecule has 0 spiro atoms. The zero-order valence-electron chi connectivity index (χ0n) is 13.7. The topological polar surface area (TPSA) is 55.4 Å². The number of rotatable bonds is 6. The third-order valence-electron chi connectivity index (χ3n) is 3.39. The number of aryl methyl sites for hydroxylation is 1. The number of carbonyl (C=O) groups is 2. The zero-order valence-corrected chi connectivity index (χ0v) is 14.6. The molecule has 2 aromatic rings. The van der Waals surface area contributed by atoms with Crippen molar-refractivity contribution in [3.05, 3.63) is 65.7 Å². The van der Waals surface area contributed by atoms with E-state index in [1.54, 1.807) is 54.7 Å². The van der Waals surface area contributed by atoms with Crippen LogP contribution in [0.15, 0.2) is 59.5 Å². The van der Waals surface area contributed by atoms with Gasteiger partial charge in [-0.25, -0.2) is 4.79 Å². The third-order valence-corrected chi connectivity index (χ3v) is 4.65. The second-order valence-corrected chi connectivity index (χ2v) is 6.77. The van der Waals surface area contributed by atoms with Crippen LogP contribution in [-0.4, -0.2) is 23.4 Å². The van der Waals surface area contributed by atoms with Crippen molar-refractivity contribution < 1.29 is 27.5 Å². The van der Waals surface area contributed by atoms with E-state index < -0.39 is 17.1 Å². The molecular weight excluding hydrogens is 367 g/mol. The molecule has 2 aromatic carbocycles. The van der Waals surface area contributed by atoms with Crippen molar-refractivity contribution in [2.24, 2.45) is 0 Å². The predicted molar refractivity (Wildman–Crippen MR) is 91.6 cm³/mol. The van der Waals surface area contributed by atoms with E-state index in [1.807, 2.05) is 0 Å². The molecule has 1 N–H and O–H groups in total. The van der Waals surface area contributed by atoms with Crippen molar-refractivity contribution in [3.63, 3.8) is 0 Å². The van der Waals surface area contributed by atoms with Gasteiger partial charge >= 0.3 is 12.3 Å². The number of aldehydes is 1. The molecule has 138 valence electrons. The first-order chi connectivity index (χ1) is 12.3. The highest BCUT2D eigenvalue weighted by Crippen LogP contribution is 2.42. The minimum Gasteiger partial charge on any atom is -0.445 e. The number of nitrogens with one attached hydrogen (secondary N) is 1. The highest BCUT2D eigenvalue weighted by atomic mass is 32.2. The van der Waals surface area contributed by atoms with Crippen LogP contribution in [0.2, 0.25) is 0 Å². The summed E-state index contributed by atoms with van der Waals surface area (Å²) in [7, 11) is 0. The molecule has 1 atom stereocenters. The van der Waals surface area contributed by atoms with Crippen molar-refractivity contribution in [3.8, 4) is 0 Å². The quantitative estimate of drug-likeness (QED) is 0.454. The lowest BCUT2D eigenvalue weighted by Crippen LogP contribution is -2.57. The number of hydrogen-bond donors (Lipinski definition) is 1. The second kappa shape index (κ2) is 8.27. The first-order valence-corrected chi connectivity index (χ1v) is 8.35. The van der Waals surface area contributed by atoms with Gasteiger partial charge in [0.05, 0.1) is 0 Å². The van der Waals surface area contributed by atoms with Gasteiger partial charge in [-0.1, -0.05) is 59.8 Å². The van der Waals surface area contributed by atoms with Crippen LogP contribution in [-0.2, 0) is 16.1 Å². The largest absolute Gasteiger partial charge is 0.445 e. The normalized spacial score (nSPS) is 13.5. The fraction of sp³-hybridized carbons (Fsp3) is 0.222. The molecule has 8 heteroatoms. The molecule has 0 fully saturated rings. The van der Waals surface area contributed by atoms with Crippen LogP contribution in [0, 0.1) is 6.92 Å². The lowest BCUT2D eigenvalue weighted by molar-refractivity contribution is -0.167. The maximum Gasteiger partial charge on any atom is 0.428 e. The number of alkyl halides is 3. The van der Waals surface area contributed by atoms with Crippen molar-refractivity contribution in [1.82, 2.24) is 5.32 Å². The Morgan fingerprint density at radius 2 is 1.73 bits per heavy atom. The number of thioether (sulfide) groups is 1. The number of hydrogen-bond acceptors (Lipinski definition) is 4. The zero-order chi connectivity index (χ0) is 19.2. The monoisotopic (exact) mass is 383 g/mol. The van der Waals surface area contributed by atoms with Crippen molar-refractivity contribution in [1.29, 1.82) is 0 Å². The number of benzene rings is 2. The molecule has 0 unspecified atom stereocenters. The standard InChI is InChI=1S/C18H16F3NO3S/c1-13-7-9-15(10-8-13)26-17(12-23,18(19,20)21)22-16(24)25-11-14-5-3-2-4-6-14/h2-10,12H,11H2,1H3,(H,22,24)/t17-/m1/s1. The number of carbonyl (C=O) groups excluding carboxylic acids is 2. The molecule has 0 aromatic heterocycles. The Morgan fingerprint density at radius 1 is 1.12 bits per heavy atom. The summed E-state index contributed by atoms with van der Waals surface area (Å²) in [6, 6.07) is 14.6. The molecule has 4 nitrogen and oxygen atoms in total. The van der Waals surface area contributed by atoms with E-state index in [9.17, 15) is 22.8 Å². The molecule has 0 aliphatic rings. The molecule has 0 heterocycles. The highest BCUT2D eigenvalue weighted by molar-refractivity contribution is 8.01. The predicted octanol–water partition coefficient (Wildman–Crippen LogP) is 4.47. The fourth-order valence-electron chi connectivity index (χ4n) is 1.98. The molecule has 0 saturated heterocycles. The summed E-state index contributed by atoms with van der Waals surface area (Å²) in [5.74, 6) is 0. The van der Waals surface area contributed by atoms with E-state index in [1.165, 1.54) is 12.1 Å². The average molecular weight is 383 g/mol. The van der Waals surface area contributed by atoms with E-state index in [0.29, 0.717) is 5.56 Å². The maximum atomic E-state index is 13.5. The molecule has 1 amide bonds. The number of halogens is 3. The van der Waals surface area contributed by atoms with E-state index in [2.05, 4.69) is 0 Å². The first-order valence-electron chi connectivity index (χ1n) is 7.53. The first kappa shape index (κ1) is 19.8. The van der Waals surface area contributed by atoms with E-state index in [4.69, 9.17) is 4.74 Å². The smallest absolute Gasteiger partial charge is 0.428 e. The summed E-state index contributed by atoms with van der Waals surface area (Å²) in [6.07, 6.45) is -6.69. The summed E-state index contributed by atoms with van der Waals surface area (Å²) in [6.45, 7) is 1.57. The molecule has 0 saturated carbocycles. The lowest BCUT2D eigenvalue weighted by Gasteiger charge is -2.30. The van der Waals surface area contributed by atoms with Gasteiger partial charge in [0.2, 0.25) is 4.87 Å². The summed E-state index contributed by atoms with van der Waals surface area (Å²) in [5, 5.41) is 1.66. The molecule has 0 aliphatic heterocycles. The highest BCUT2D eigenvalue weighted by Gasteiger charge is 2.58. The molecule has 0 radical (unpaired) electrons. The molecule has 2 rings (SSSR count). The minimum atomic E-state index is -5.02. The number of ether oxygens (including phenoxy) is 1. The average Bonchev–Trinajstić information content (AvgIpc) is 2.61. The van der Waals surface area contributed by atoms with Gasteiger partial charge in [-0.15, -0.1) is 0 Å². The van der Waals surface area contributed by atoms with Gasteiger partial charge in [0.25, 0.3) is 0 Å². The van der Waals surface area contributed by atoms with Crippen LogP contribution in [0.5, 0.6) is 0 Å². The van der Waals surface area contributed by atoms with Gasteiger partial charge in [-0.3, -0.25) is 10.1 Å². The van der Waals surface area contributed by atoms with E-state index in [-0.39, 0.29) is 29.6 Å². The van der Waals surface area contributed by atoms with E-state index in [0.717, 1.165) is 5.56 Å². The van der Waals surface area contributed by atoms with Crippen molar-refractivity contribution in [2.75, 3.05) is 0 Å². The van der Waals surface area contributed by atoms with Crippen LogP contribution in [0.25, 0.3) is 0 Å². The van der Waals surface area contributed by atoms with Crippen LogP contribution in [0.1, 0.15) is 11.1 Å². The van der Waals surface area contributed by atoms with Crippen LogP contribution >= 0.6 is 11.8 Å². The van der Waals surface area contributed by atoms with Crippen molar-refractivity contribution in [2.45, 2.75) is 29.5 Å². The van der Waals surface area contributed by atoms with Crippen LogP contribution in [0.3, 0.4) is 0 Å². The van der Waals surface area contributed by atoms with Gasteiger partial charge in [-0.2, -0.15) is 13.2 Å². The summed E-state index contributed by atoms with van der Waals surface area (Å²) in [4.78, 5) is 20.3. The maximum absolute atomic E-state index is 13.5. The molecule has 26 heavy (non-hydrogen) atoms. The van der Waals surface area contributed by atoms with Crippen molar-refractivity contribution >= 4 is 24.1 Å². The SMILES string of the molecule is Cc1ccc(S[C@@](C=O)(NC(=O)OCc2ccccc2)C(F)(F)F)cc1. The Bertz CT molecular complexity index is 751. The minimum absolute atomic E-state index is 0.184. The number of amides is 1. The Morgan fingerprint density at radius 3 is 2.27 bits per heavy atom. The van der Waals surface area contributed by atoms with Crippen LogP contribution < -0.4 is 5.32 Å². The molecule has 0 bridgehead atoms. The van der Waals surface area contributed by atoms with E-state index >= 15 is 0 Å². The molecule has 0 aliphatic carbocycles. The van der Waals surface area contributed by atoms with Crippen LogP contribution in [0.4, 0.5) is 18.0 Å². The number of alkyl carbamates (subject to hydrolysis) is 1. The van der Waals surface area contributed by atoms with Gasteiger partial charge < -0.3 is 4.74 Å². The molecular formula is C18H16F3NO3S. The Balaban J connectivity index is 2.14. The van der Waals surface area contributed by atoms with Gasteiger partial charge in [0.15, 0.2) is 6.29 Å². The Hall–Kier alpha value is -2.48. The summed E-state index contributed by atoms with van der Waals surface area (Å²) >= 11 is 0.197. The fourth-order valence-corrected chi connectivity index (χ4v) is 2.92. The Labute approximate surface area is 152 Å². The Kier molecular flexibility index (Phi) is 6.31.